The topological polar surface area (TPSA) is 46.2 Å². The first kappa shape index (κ1) is 16.6. The van der Waals surface area contributed by atoms with Gasteiger partial charge in [0.05, 0.1) is 7.18 Å². The molecular weight excluding hydrogens is 332 g/mol. The summed E-state index contributed by atoms with van der Waals surface area (Å²) in [5.41, 5.74) is 0.780. The van der Waals surface area contributed by atoms with Crippen LogP contribution in [0.25, 0.3) is 0 Å². The van der Waals surface area contributed by atoms with Gasteiger partial charge in [0.1, 0.15) is 11.6 Å². The second-order valence-corrected chi connectivity index (χ2v) is 4.66. The van der Waals surface area contributed by atoms with Crippen molar-refractivity contribution in [3.63, 3.8) is 0 Å². The van der Waals surface area contributed by atoms with Gasteiger partial charge in [-0.25, -0.2) is 9.37 Å². The minimum absolute atomic E-state index is 0.313. The number of pyridine rings is 1. The Kier molecular flexibility index (Phi) is 7.17. The second kappa shape index (κ2) is 8.65. The van der Waals surface area contributed by atoms with Gasteiger partial charge in [0.25, 0.3) is 0 Å². The Labute approximate surface area is 125 Å². The Morgan fingerprint density at radius 1 is 1.45 bits per heavy atom. The SMILES string of the molecule is CF.COC1NC=C(F)C=C1CNc1ccc(Br)cn1. The number of ether oxygens (including phenoxy) is 1. The van der Waals surface area contributed by atoms with Crippen LogP contribution in [-0.4, -0.2) is 32.0 Å². The summed E-state index contributed by atoms with van der Waals surface area (Å²) in [4.78, 5) is 4.18. The minimum atomic E-state index is -0.316. The maximum Gasteiger partial charge on any atom is 0.151 e. The maximum atomic E-state index is 13.1. The van der Waals surface area contributed by atoms with Crippen LogP contribution in [0.5, 0.6) is 0 Å². The largest absolute Gasteiger partial charge is 0.366 e. The van der Waals surface area contributed by atoms with Crippen LogP contribution >= 0.6 is 15.9 Å². The summed E-state index contributed by atoms with van der Waals surface area (Å²) in [6, 6.07) is 3.73. The standard InChI is InChI=1S/C12H13BrFN3O.CH3F/c1-18-12-8(4-10(14)7-17-12)5-15-11-3-2-9(13)6-16-11;1-2/h2-4,6-7,12,17H,5H2,1H3,(H,15,16);1H3. The molecule has 0 radical (unpaired) electrons. The van der Waals surface area contributed by atoms with Gasteiger partial charge in [-0.15, -0.1) is 0 Å². The molecule has 0 amide bonds. The molecule has 1 unspecified atom stereocenters. The van der Waals surface area contributed by atoms with Crippen LogP contribution in [0.4, 0.5) is 14.6 Å². The van der Waals surface area contributed by atoms with Crippen LogP contribution in [-0.2, 0) is 4.74 Å². The van der Waals surface area contributed by atoms with Gasteiger partial charge in [0.2, 0.25) is 0 Å². The summed E-state index contributed by atoms with van der Waals surface area (Å²) in [7, 11) is 2.07. The smallest absolute Gasteiger partial charge is 0.151 e. The molecule has 2 N–H and O–H groups in total. The van der Waals surface area contributed by atoms with Crippen molar-refractivity contribution in [2.45, 2.75) is 6.23 Å². The zero-order valence-electron chi connectivity index (χ0n) is 11.2. The Balaban J connectivity index is 0.000000956. The van der Waals surface area contributed by atoms with Crippen LogP contribution in [0.15, 0.2) is 46.5 Å². The Morgan fingerprint density at radius 3 is 2.80 bits per heavy atom. The molecule has 1 aromatic heterocycles. The maximum absolute atomic E-state index is 13.1. The molecule has 0 aliphatic carbocycles. The molecule has 110 valence electrons. The van der Waals surface area contributed by atoms with Crippen LogP contribution in [0.3, 0.4) is 0 Å². The molecule has 0 aromatic carbocycles. The van der Waals surface area contributed by atoms with Crippen molar-refractivity contribution in [1.82, 2.24) is 10.3 Å². The number of nitrogens with zero attached hydrogens (tertiary/aromatic N) is 1. The number of dihydropyridines is 1. The van der Waals surface area contributed by atoms with E-state index in [-0.39, 0.29) is 12.1 Å². The van der Waals surface area contributed by atoms with Gasteiger partial charge in [-0.3, -0.25) is 4.39 Å². The van der Waals surface area contributed by atoms with Crippen molar-refractivity contribution in [3.05, 3.63) is 46.5 Å². The minimum Gasteiger partial charge on any atom is -0.366 e. The van der Waals surface area contributed by atoms with Crippen LogP contribution in [0, 0.1) is 0 Å². The average Bonchev–Trinajstić information content (AvgIpc) is 2.49. The number of nitrogens with one attached hydrogen (secondary N) is 2. The number of rotatable bonds is 4. The lowest BCUT2D eigenvalue weighted by atomic mass is 10.1. The predicted octanol–water partition coefficient (Wildman–Crippen LogP) is 3.15. The molecule has 1 aliphatic rings. The van der Waals surface area contributed by atoms with Gasteiger partial charge in [-0.2, -0.15) is 0 Å². The first-order valence-corrected chi connectivity index (χ1v) is 6.56. The van der Waals surface area contributed by atoms with E-state index in [1.165, 1.54) is 12.3 Å². The van der Waals surface area contributed by atoms with E-state index in [9.17, 15) is 8.78 Å². The van der Waals surface area contributed by atoms with Crippen LogP contribution in [0.2, 0.25) is 0 Å². The zero-order chi connectivity index (χ0) is 15.0. The third kappa shape index (κ3) is 4.90. The fourth-order valence-electron chi connectivity index (χ4n) is 1.59. The summed E-state index contributed by atoms with van der Waals surface area (Å²) in [6.07, 6.45) is 4.13. The summed E-state index contributed by atoms with van der Waals surface area (Å²) in [6.45, 7) is 0.460. The highest BCUT2D eigenvalue weighted by Crippen LogP contribution is 2.16. The van der Waals surface area contributed by atoms with Gasteiger partial charge in [-0.05, 0) is 34.1 Å². The zero-order valence-corrected chi connectivity index (χ0v) is 12.7. The van der Waals surface area contributed by atoms with Gasteiger partial charge < -0.3 is 15.4 Å². The highest BCUT2D eigenvalue weighted by Gasteiger charge is 2.16. The number of alkyl halides is 1. The highest BCUT2D eigenvalue weighted by molar-refractivity contribution is 9.10. The van der Waals surface area contributed by atoms with E-state index in [4.69, 9.17) is 4.74 Å². The molecule has 4 nitrogen and oxygen atoms in total. The van der Waals surface area contributed by atoms with E-state index >= 15 is 0 Å². The lowest BCUT2D eigenvalue weighted by Gasteiger charge is -2.22. The molecule has 1 aromatic rings. The van der Waals surface area contributed by atoms with Crippen molar-refractivity contribution in [1.29, 1.82) is 0 Å². The number of aromatic nitrogens is 1. The summed E-state index contributed by atoms with van der Waals surface area (Å²) in [5.74, 6) is 0.410. The lowest BCUT2D eigenvalue weighted by Crippen LogP contribution is -2.33. The van der Waals surface area contributed by atoms with E-state index in [0.29, 0.717) is 13.7 Å². The predicted molar refractivity (Wildman–Crippen MR) is 78.7 cm³/mol. The number of halogens is 3. The molecule has 0 fully saturated rings. The first-order chi connectivity index (χ1) is 9.69. The van der Waals surface area contributed by atoms with Crippen molar-refractivity contribution >= 4 is 21.7 Å². The van der Waals surface area contributed by atoms with Gasteiger partial charge in [-0.1, -0.05) is 0 Å². The molecule has 0 spiro atoms. The number of hydrogen-bond donors (Lipinski definition) is 2. The van der Waals surface area contributed by atoms with Gasteiger partial charge in [0, 0.05) is 36.1 Å². The monoisotopic (exact) mass is 347 g/mol. The Bertz CT molecular complexity index is 477. The quantitative estimate of drug-likeness (QED) is 0.878. The molecule has 2 rings (SSSR count). The van der Waals surface area contributed by atoms with Crippen molar-refractivity contribution in [3.8, 4) is 0 Å². The van der Waals surface area contributed by atoms with Crippen molar-refractivity contribution in [2.24, 2.45) is 0 Å². The van der Waals surface area contributed by atoms with Gasteiger partial charge in [0.15, 0.2) is 6.23 Å². The molecule has 1 aliphatic heterocycles. The van der Waals surface area contributed by atoms with Crippen molar-refractivity contribution < 1.29 is 13.5 Å². The number of allylic oxidation sites excluding steroid dienone is 2. The van der Waals surface area contributed by atoms with E-state index in [0.717, 1.165) is 15.9 Å². The summed E-state index contributed by atoms with van der Waals surface area (Å²) < 4.78 is 28.8. The molecule has 7 heteroatoms. The molecular formula is C13H16BrF2N3O. The van der Waals surface area contributed by atoms with Crippen LogP contribution < -0.4 is 10.6 Å². The third-order valence-corrected chi connectivity index (χ3v) is 2.94. The van der Waals surface area contributed by atoms with E-state index in [1.54, 1.807) is 13.3 Å². The number of anilines is 1. The molecule has 0 saturated carbocycles. The molecule has 0 bridgehead atoms. The normalized spacial score (nSPS) is 17.1. The average molecular weight is 348 g/mol. The first-order valence-electron chi connectivity index (χ1n) is 5.77. The molecule has 20 heavy (non-hydrogen) atoms. The summed E-state index contributed by atoms with van der Waals surface area (Å²) >= 11 is 3.31. The van der Waals surface area contributed by atoms with E-state index in [1.807, 2.05) is 12.1 Å². The molecule has 0 saturated heterocycles. The number of hydrogen-bond acceptors (Lipinski definition) is 4. The second-order valence-electron chi connectivity index (χ2n) is 3.75. The van der Waals surface area contributed by atoms with Crippen LogP contribution in [0.1, 0.15) is 0 Å². The number of methoxy groups -OCH3 is 1. The fraction of sp³-hybridized carbons (Fsp3) is 0.308. The highest BCUT2D eigenvalue weighted by atomic mass is 79.9. The Hall–Kier alpha value is -1.47. The fourth-order valence-corrected chi connectivity index (χ4v) is 1.83. The molecule has 1 atom stereocenters. The summed E-state index contributed by atoms with van der Waals surface area (Å²) in [5, 5.41) is 5.93. The molecule has 2 heterocycles. The lowest BCUT2D eigenvalue weighted by molar-refractivity contribution is 0.112. The third-order valence-electron chi connectivity index (χ3n) is 2.47. The van der Waals surface area contributed by atoms with Crippen molar-refractivity contribution in [2.75, 3.05) is 26.1 Å². The van der Waals surface area contributed by atoms with E-state index < -0.39 is 0 Å². The van der Waals surface area contributed by atoms with E-state index in [2.05, 4.69) is 31.5 Å². The van der Waals surface area contributed by atoms with Gasteiger partial charge >= 0.3 is 0 Å². The Morgan fingerprint density at radius 2 is 2.20 bits per heavy atom.